The van der Waals surface area contributed by atoms with Gasteiger partial charge in [-0.25, -0.2) is 12.8 Å². The fourth-order valence-corrected chi connectivity index (χ4v) is 5.03. The Morgan fingerprint density at radius 3 is 2.33 bits per heavy atom. The largest absolute Gasteiger partial charge is 0.296 e. The zero-order chi connectivity index (χ0) is 18.9. The minimum Gasteiger partial charge on any atom is -0.296 e. The Kier molecular flexibility index (Phi) is 4.95. The van der Waals surface area contributed by atoms with Crippen molar-refractivity contribution in [2.24, 2.45) is 0 Å². The zero-order valence-corrected chi connectivity index (χ0v) is 15.7. The van der Waals surface area contributed by atoms with Crippen LogP contribution in [0.15, 0.2) is 71.6 Å². The molecule has 1 saturated heterocycles. The number of fused-ring (bicyclic) bond motifs is 1. The molecule has 0 unspecified atom stereocenters. The lowest BCUT2D eigenvalue weighted by Crippen LogP contribution is -2.48. The minimum atomic E-state index is -3.65. The SMILES string of the molecule is O=S(=O)(c1cccc(F)c1)N1CCN(Cc2cccc3ccccc23)CC1. The summed E-state index contributed by atoms with van der Waals surface area (Å²) in [7, 11) is -3.65. The van der Waals surface area contributed by atoms with Crippen LogP contribution in [0.2, 0.25) is 0 Å². The highest BCUT2D eigenvalue weighted by Gasteiger charge is 2.28. The van der Waals surface area contributed by atoms with Gasteiger partial charge in [0.05, 0.1) is 4.90 Å². The highest BCUT2D eigenvalue weighted by atomic mass is 32.2. The van der Waals surface area contributed by atoms with Crippen LogP contribution in [0.3, 0.4) is 0 Å². The molecule has 0 radical (unpaired) electrons. The summed E-state index contributed by atoms with van der Waals surface area (Å²) in [5.74, 6) is -0.536. The number of nitrogens with zero attached hydrogens (tertiary/aromatic N) is 2. The van der Waals surface area contributed by atoms with Crippen LogP contribution in [-0.2, 0) is 16.6 Å². The molecular formula is C21H21FN2O2S. The molecule has 0 spiro atoms. The fourth-order valence-electron chi connectivity index (χ4n) is 3.58. The Labute approximate surface area is 158 Å². The number of halogens is 1. The summed E-state index contributed by atoms with van der Waals surface area (Å²) in [4.78, 5) is 2.28. The number of hydrogen-bond acceptors (Lipinski definition) is 3. The van der Waals surface area contributed by atoms with Gasteiger partial charge in [0, 0.05) is 32.7 Å². The van der Waals surface area contributed by atoms with Crippen LogP contribution in [0.25, 0.3) is 10.8 Å². The van der Waals surface area contributed by atoms with Gasteiger partial charge < -0.3 is 0 Å². The molecule has 0 saturated carbocycles. The second kappa shape index (κ2) is 7.38. The van der Waals surface area contributed by atoms with Crippen LogP contribution in [0, 0.1) is 5.82 Å². The monoisotopic (exact) mass is 384 g/mol. The van der Waals surface area contributed by atoms with Crippen molar-refractivity contribution in [3.8, 4) is 0 Å². The van der Waals surface area contributed by atoms with Gasteiger partial charge in [-0.15, -0.1) is 0 Å². The lowest BCUT2D eigenvalue weighted by molar-refractivity contribution is 0.182. The maximum Gasteiger partial charge on any atom is 0.243 e. The third-order valence-electron chi connectivity index (χ3n) is 5.04. The van der Waals surface area contributed by atoms with E-state index in [2.05, 4.69) is 35.2 Å². The molecule has 4 nitrogen and oxygen atoms in total. The molecule has 0 aliphatic carbocycles. The van der Waals surface area contributed by atoms with Crippen molar-refractivity contribution < 1.29 is 12.8 Å². The summed E-state index contributed by atoms with van der Waals surface area (Å²) in [5.41, 5.74) is 1.24. The van der Waals surface area contributed by atoms with Gasteiger partial charge in [-0.1, -0.05) is 48.5 Å². The Morgan fingerprint density at radius 1 is 0.852 bits per heavy atom. The molecule has 140 valence electrons. The molecule has 27 heavy (non-hydrogen) atoms. The first-order valence-electron chi connectivity index (χ1n) is 8.99. The third-order valence-corrected chi connectivity index (χ3v) is 6.93. The number of piperazine rings is 1. The smallest absolute Gasteiger partial charge is 0.243 e. The Hall–Kier alpha value is -2.28. The molecule has 1 fully saturated rings. The van der Waals surface area contributed by atoms with Crippen molar-refractivity contribution in [1.82, 2.24) is 9.21 Å². The lowest BCUT2D eigenvalue weighted by Gasteiger charge is -2.34. The van der Waals surface area contributed by atoms with Crippen LogP contribution in [0.1, 0.15) is 5.56 Å². The van der Waals surface area contributed by atoms with Crippen molar-refractivity contribution in [1.29, 1.82) is 0 Å². The number of hydrogen-bond donors (Lipinski definition) is 0. The third kappa shape index (κ3) is 3.74. The second-order valence-electron chi connectivity index (χ2n) is 6.78. The van der Waals surface area contributed by atoms with Gasteiger partial charge in [0.1, 0.15) is 5.82 Å². The van der Waals surface area contributed by atoms with Crippen LogP contribution < -0.4 is 0 Å². The standard InChI is InChI=1S/C21H21FN2O2S/c22-19-8-4-9-20(15-19)27(25,26)24-13-11-23(12-14-24)16-18-7-3-6-17-5-1-2-10-21(17)18/h1-10,15H,11-14,16H2. The van der Waals surface area contributed by atoms with Crippen LogP contribution in [0.5, 0.6) is 0 Å². The second-order valence-corrected chi connectivity index (χ2v) is 8.71. The molecule has 0 atom stereocenters. The molecule has 1 heterocycles. The first-order chi connectivity index (χ1) is 13.0. The molecule has 0 bridgehead atoms. The van der Waals surface area contributed by atoms with Gasteiger partial charge >= 0.3 is 0 Å². The fraction of sp³-hybridized carbons (Fsp3) is 0.238. The molecule has 0 amide bonds. The quantitative estimate of drug-likeness (QED) is 0.691. The van der Waals surface area contributed by atoms with E-state index in [1.165, 1.54) is 38.8 Å². The van der Waals surface area contributed by atoms with Gasteiger partial charge in [0.2, 0.25) is 10.0 Å². The number of rotatable bonds is 4. The molecule has 4 rings (SSSR count). The molecule has 6 heteroatoms. The molecule has 1 aliphatic heterocycles. The normalized spacial score (nSPS) is 16.6. The molecule has 0 N–H and O–H groups in total. The number of sulfonamides is 1. The van der Waals surface area contributed by atoms with E-state index in [-0.39, 0.29) is 4.90 Å². The maximum absolute atomic E-state index is 13.4. The Balaban J connectivity index is 1.46. The number of benzene rings is 3. The van der Waals surface area contributed by atoms with E-state index in [4.69, 9.17) is 0 Å². The zero-order valence-electron chi connectivity index (χ0n) is 14.9. The molecule has 3 aromatic carbocycles. The van der Waals surface area contributed by atoms with Crippen LogP contribution in [0.4, 0.5) is 4.39 Å². The molecule has 1 aliphatic rings. The van der Waals surface area contributed by atoms with E-state index in [0.717, 1.165) is 12.6 Å². The van der Waals surface area contributed by atoms with Crippen molar-refractivity contribution in [3.63, 3.8) is 0 Å². The van der Waals surface area contributed by atoms with Gasteiger partial charge in [-0.3, -0.25) is 4.90 Å². The summed E-state index contributed by atoms with van der Waals surface area (Å²) in [5, 5.41) is 2.44. The molecule has 0 aromatic heterocycles. The predicted octanol–water partition coefficient (Wildman–Crippen LogP) is 3.49. The highest BCUT2D eigenvalue weighted by Crippen LogP contribution is 2.22. The Bertz CT molecular complexity index is 1060. The van der Waals surface area contributed by atoms with E-state index in [0.29, 0.717) is 26.2 Å². The first kappa shape index (κ1) is 18.1. The van der Waals surface area contributed by atoms with Crippen LogP contribution in [-0.4, -0.2) is 43.8 Å². The van der Waals surface area contributed by atoms with E-state index in [9.17, 15) is 12.8 Å². The average Bonchev–Trinajstić information content (AvgIpc) is 2.69. The van der Waals surface area contributed by atoms with Gasteiger partial charge in [-0.2, -0.15) is 4.31 Å². The van der Waals surface area contributed by atoms with E-state index in [1.54, 1.807) is 0 Å². The summed E-state index contributed by atoms with van der Waals surface area (Å²) < 4.78 is 40.3. The van der Waals surface area contributed by atoms with Crippen molar-refractivity contribution in [2.45, 2.75) is 11.4 Å². The average molecular weight is 384 g/mol. The van der Waals surface area contributed by atoms with Crippen molar-refractivity contribution in [3.05, 3.63) is 78.1 Å². The summed E-state index contributed by atoms with van der Waals surface area (Å²) in [6.07, 6.45) is 0. The van der Waals surface area contributed by atoms with Crippen molar-refractivity contribution >= 4 is 20.8 Å². The Morgan fingerprint density at radius 2 is 1.56 bits per heavy atom. The van der Waals surface area contributed by atoms with Gasteiger partial charge in [-0.05, 0) is 34.5 Å². The topological polar surface area (TPSA) is 40.6 Å². The lowest BCUT2D eigenvalue weighted by atomic mass is 10.0. The molecule has 3 aromatic rings. The van der Waals surface area contributed by atoms with E-state index < -0.39 is 15.8 Å². The minimum absolute atomic E-state index is 0.0185. The predicted molar refractivity (Wildman–Crippen MR) is 104 cm³/mol. The summed E-state index contributed by atoms with van der Waals surface area (Å²) in [6, 6.07) is 19.8. The van der Waals surface area contributed by atoms with E-state index >= 15 is 0 Å². The summed E-state index contributed by atoms with van der Waals surface area (Å²) >= 11 is 0. The van der Waals surface area contributed by atoms with Crippen molar-refractivity contribution in [2.75, 3.05) is 26.2 Å². The van der Waals surface area contributed by atoms with Gasteiger partial charge in [0.15, 0.2) is 0 Å². The van der Waals surface area contributed by atoms with Crippen LogP contribution >= 0.6 is 0 Å². The molecular weight excluding hydrogens is 363 g/mol. The first-order valence-corrected chi connectivity index (χ1v) is 10.4. The highest BCUT2D eigenvalue weighted by molar-refractivity contribution is 7.89. The van der Waals surface area contributed by atoms with E-state index in [1.807, 2.05) is 12.1 Å². The maximum atomic E-state index is 13.4. The van der Waals surface area contributed by atoms with Gasteiger partial charge in [0.25, 0.3) is 0 Å². The summed E-state index contributed by atoms with van der Waals surface area (Å²) in [6.45, 7) is 2.90.